The normalized spacial score (nSPS) is 22.7. The van der Waals surface area contributed by atoms with Gasteiger partial charge in [0.15, 0.2) is 0 Å². The van der Waals surface area contributed by atoms with Crippen LogP contribution in [0.2, 0.25) is 0 Å². The van der Waals surface area contributed by atoms with Crippen LogP contribution in [0.15, 0.2) is 84.5 Å². The SMILES string of the molecule is C1=CC(c2ccccc2)(c2ccccc2)CC2CCCC=C12. The van der Waals surface area contributed by atoms with Gasteiger partial charge in [-0.3, -0.25) is 0 Å². The molecule has 1 atom stereocenters. The Kier molecular flexibility index (Phi) is 3.46. The number of hydrogen-bond acceptors (Lipinski definition) is 0. The van der Waals surface area contributed by atoms with Crippen molar-refractivity contribution in [1.29, 1.82) is 0 Å². The van der Waals surface area contributed by atoms with Gasteiger partial charge in [0.2, 0.25) is 0 Å². The van der Waals surface area contributed by atoms with Crippen molar-refractivity contribution in [3.8, 4) is 0 Å². The number of allylic oxidation sites excluding steroid dienone is 4. The highest BCUT2D eigenvalue weighted by Crippen LogP contribution is 2.47. The topological polar surface area (TPSA) is 0 Å². The van der Waals surface area contributed by atoms with Crippen LogP contribution in [0.4, 0.5) is 0 Å². The van der Waals surface area contributed by atoms with E-state index in [2.05, 4.69) is 78.9 Å². The van der Waals surface area contributed by atoms with Crippen LogP contribution in [0.25, 0.3) is 0 Å². The lowest BCUT2D eigenvalue weighted by atomic mass is 9.63. The van der Waals surface area contributed by atoms with Gasteiger partial charge < -0.3 is 0 Å². The Bertz CT molecular complexity index is 652. The van der Waals surface area contributed by atoms with Crippen LogP contribution in [0.3, 0.4) is 0 Å². The van der Waals surface area contributed by atoms with Crippen LogP contribution >= 0.6 is 0 Å². The minimum atomic E-state index is 0.0296. The zero-order valence-electron chi connectivity index (χ0n) is 12.9. The van der Waals surface area contributed by atoms with Crippen molar-refractivity contribution in [2.75, 3.05) is 0 Å². The van der Waals surface area contributed by atoms with Crippen molar-refractivity contribution in [2.24, 2.45) is 5.92 Å². The summed E-state index contributed by atoms with van der Waals surface area (Å²) in [5.74, 6) is 0.708. The highest BCUT2D eigenvalue weighted by atomic mass is 14.4. The molecule has 0 nitrogen and oxygen atoms in total. The lowest BCUT2D eigenvalue weighted by molar-refractivity contribution is 0.402. The minimum absolute atomic E-state index is 0.0296. The molecule has 0 spiro atoms. The molecule has 22 heavy (non-hydrogen) atoms. The van der Waals surface area contributed by atoms with E-state index in [-0.39, 0.29) is 5.41 Å². The fourth-order valence-electron chi connectivity index (χ4n) is 4.15. The first kappa shape index (κ1) is 13.6. The summed E-state index contributed by atoms with van der Waals surface area (Å²) >= 11 is 0. The average molecular weight is 286 g/mol. The molecule has 0 heteroatoms. The van der Waals surface area contributed by atoms with Crippen molar-refractivity contribution >= 4 is 0 Å². The van der Waals surface area contributed by atoms with Crippen LogP contribution in [-0.4, -0.2) is 0 Å². The molecule has 0 heterocycles. The number of rotatable bonds is 2. The molecule has 2 aromatic rings. The summed E-state index contributed by atoms with van der Waals surface area (Å²) in [4.78, 5) is 0. The third kappa shape index (κ3) is 2.23. The predicted molar refractivity (Wildman–Crippen MR) is 92.8 cm³/mol. The van der Waals surface area contributed by atoms with Crippen molar-refractivity contribution in [2.45, 2.75) is 31.1 Å². The standard InChI is InChI=1S/C22H22/c1-3-11-20(12-4-1)22(21-13-5-2-6-14-21)16-15-18-9-7-8-10-19(18)17-22/h1-6,9,11-16,19H,7-8,10,17H2. The molecular formula is C22H22. The highest BCUT2D eigenvalue weighted by molar-refractivity contribution is 5.49. The first-order valence-corrected chi connectivity index (χ1v) is 8.39. The summed E-state index contributed by atoms with van der Waals surface area (Å²) in [6.07, 6.45) is 12.4. The van der Waals surface area contributed by atoms with Crippen LogP contribution in [0.5, 0.6) is 0 Å². The second-order valence-corrected chi connectivity index (χ2v) is 6.57. The van der Waals surface area contributed by atoms with Crippen LogP contribution in [0.1, 0.15) is 36.8 Å². The van der Waals surface area contributed by atoms with E-state index in [9.17, 15) is 0 Å². The van der Waals surface area contributed by atoms with E-state index in [0.717, 1.165) is 0 Å². The quantitative estimate of drug-likeness (QED) is 0.668. The molecule has 0 bridgehead atoms. The fraction of sp³-hybridized carbons (Fsp3) is 0.273. The molecule has 0 saturated carbocycles. The van der Waals surface area contributed by atoms with Gasteiger partial charge in [0.05, 0.1) is 0 Å². The third-order valence-corrected chi connectivity index (χ3v) is 5.31. The van der Waals surface area contributed by atoms with Crippen molar-refractivity contribution < 1.29 is 0 Å². The largest absolute Gasteiger partial charge is 0.0810 e. The Morgan fingerprint density at radius 2 is 1.45 bits per heavy atom. The summed E-state index contributed by atoms with van der Waals surface area (Å²) in [5.41, 5.74) is 4.43. The Balaban J connectivity index is 1.88. The molecule has 0 aliphatic heterocycles. The maximum Gasteiger partial charge on any atom is 0.0390 e. The first-order chi connectivity index (χ1) is 10.9. The van der Waals surface area contributed by atoms with E-state index in [1.165, 1.54) is 36.8 Å². The molecule has 4 rings (SSSR count). The molecule has 0 fully saturated rings. The highest BCUT2D eigenvalue weighted by Gasteiger charge is 2.38. The number of fused-ring (bicyclic) bond motifs is 1. The van der Waals surface area contributed by atoms with Crippen molar-refractivity contribution in [1.82, 2.24) is 0 Å². The number of hydrogen-bond donors (Lipinski definition) is 0. The Labute approximate surface area is 133 Å². The van der Waals surface area contributed by atoms with E-state index in [0.29, 0.717) is 5.92 Å². The second kappa shape index (κ2) is 5.61. The molecule has 0 saturated heterocycles. The van der Waals surface area contributed by atoms with Crippen LogP contribution < -0.4 is 0 Å². The lowest BCUT2D eigenvalue weighted by Crippen LogP contribution is -2.32. The molecule has 0 amide bonds. The molecule has 2 aliphatic rings. The number of benzene rings is 2. The van der Waals surface area contributed by atoms with Gasteiger partial charge in [0.1, 0.15) is 0 Å². The second-order valence-electron chi connectivity index (χ2n) is 6.57. The van der Waals surface area contributed by atoms with E-state index in [1.54, 1.807) is 5.57 Å². The first-order valence-electron chi connectivity index (χ1n) is 8.39. The van der Waals surface area contributed by atoms with Crippen molar-refractivity contribution in [3.05, 3.63) is 95.6 Å². The van der Waals surface area contributed by atoms with Crippen molar-refractivity contribution in [3.63, 3.8) is 0 Å². The lowest BCUT2D eigenvalue weighted by Gasteiger charge is -2.40. The Morgan fingerprint density at radius 1 is 0.818 bits per heavy atom. The van der Waals surface area contributed by atoms with Gasteiger partial charge in [-0.2, -0.15) is 0 Å². The van der Waals surface area contributed by atoms with Gasteiger partial charge in [-0.15, -0.1) is 0 Å². The molecule has 1 unspecified atom stereocenters. The third-order valence-electron chi connectivity index (χ3n) is 5.31. The van der Waals surface area contributed by atoms with Gasteiger partial charge in [0.25, 0.3) is 0 Å². The van der Waals surface area contributed by atoms with Gasteiger partial charge in [-0.05, 0) is 48.3 Å². The maximum atomic E-state index is 2.45. The monoisotopic (exact) mass is 286 g/mol. The van der Waals surface area contributed by atoms with Gasteiger partial charge in [-0.25, -0.2) is 0 Å². The Morgan fingerprint density at radius 3 is 2.09 bits per heavy atom. The average Bonchev–Trinajstić information content (AvgIpc) is 2.63. The predicted octanol–water partition coefficient (Wildman–Crippen LogP) is 5.66. The molecule has 0 radical (unpaired) electrons. The van der Waals surface area contributed by atoms with E-state index < -0.39 is 0 Å². The molecule has 2 aliphatic carbocycles. The molecule has 0 N–H and O–H groups in total. The minimum Gasteiger partial charge on any atom is -0.0810 e. The molecule has 110 valence electrons. The van der Waals surface area contributed by atoms with E-state index >= 15 is 0 Å². The molecule has 2 aromatic carbocycles. The smallest absolute Gasteiger partial charge is 0.0390 e. The summed E-state index contributed by atoms with van der Waals surface area (Å²) in [6.45, 7) is 0. The van der Waals surface area contributed by atoms with Crippen LogP contribution in [-0.2, 0) is 5.41 Å². The fourth-order valence-corrected chi connectivity index (χ4v) is 4.15. The van der Waals surface area contributed by atoms with Gasteiger partial charge >= 0.3 is 0 Å². The van der Waals surface area contributed by atoms with E-state index in [4.69, 9.17) is 0 Å². The van der Waals surface area contributed by atoms with Gasteiger partial charge in [-0.1, -0.05) is 78.9 Å². The van der Waals surface area contributed by atoms with Crippen LogP contribution in [0, 0.1) is 5.92 Å². The summed E-state index contributed by atoms with van der Waals surface area (Å²) in [7, 11) is 0. The summed E-state index contributed by atoms with van der Waals surface area (Å²) < 4.78 is 0. The van der Waals surface area contributed by atoms with Gasteiger partial charge in [0, 0.05) is 5.41 Å². The van der Waals surface area contributed by atoms with E-state index in [1.807, 2.05) is 0 Å². The Hall–Kier alpha value is -2.08. The molecule has 0 aromatic heterocycles. The zero-order chi connectivity index (χ0) is 14.8. The summed E-state index contributed by atoms with van der Waals surface area (Å²) in [5, 5.41) is 0. The zero-order valence-corrected chi connectivity index (χ0v) is 12.9. The maximum absolute atomic E-state index is 2.45. The molecular weight excluding hydrogens is 264 g/mol. The summed E-state index contributed by atoms with van der Waals surface area (Å²) in [6, 6.07) is 22.0.